The number of nitrogens with two attached hydrogens (primary N) is 1. The molecule has 0 aliphatic carbocycles. The van der Waals surface area contributed by atoms with Crippen LogP contribution in [-0.2, 0) is 0 Å². The van der Waals surface area contributed by atoms with Crippen molar-refractivity contribution in [2.24, 2.45) is 0 Å². The summed E-state index contributed by atoms with van der Waals surface area (Å²) in [6.45, 7) is 1.07. The number of hydrogen-bond acceptors (Lipinski definition) is 4. The number of anilines is 1. The van der Waals surface area contributed by atoms with Crippen molar-refractivity contribution < 1.29 is 0 Å². The van der Waals surface area contributed by atoms with Gasteiger partial charge in [0.2, 0.25) is 0 Å². The Morgan fingerprint density at radius 3 is 3.19 bits per heavy atom. The zero-order chi connectivity index (χ0) is 11.0. The van der Waals surface area contributed by atoms with Crippen molar-refractivity contribution in [1.82, 2.24) is 19.9 Å². The van der Waals surface area contributed by atoms with Gasteiger partial charge in [-0.25, -0.2) is 4.98 Å². The molecule has 3 rings (SSSR count). The molecule has 1 fully saturated rings. The lowest BCUT2D eigenvalue weighted by molar-refractivity contribution is 0.414. The third-order valence-electron chi connectivity index (χ3n) is 3.14. The van der Waals surface area contributed by atoms with Crippen LogP contribution in [0.25, 0.3) is 5.65 Å². The summed E-state index contributed by atoms with van der Waals surface area (Å²) in [4.78, 5) is 4.36. The predicted octanol–water partition coefficient (Wildman–Crippen LogP) is 1.13. The first-order valence-corrected chi connectivity index (χ1v) is 5.68. The smallest absolute Gasteiger partial charge is 0.162 e. The van der Waals surface area contributed by atoms with Crippen LogP contribution in [0.5, 0.6) is 0 Å². The highest BCUT2D eigenvalue weighted by Crippen LogP contribution is 2.25. The summed E-state index contributed by atoms with van der Waals surface area (Å²) in [5.41, 5.74) is 7.87. The fourth-order valence-electron chi connectivity index (χ4n) is 2.29. The van der Waals surface area contributed by atoms with Gasteiger partial charge < -0.3 is 11.1 Å². The number of rotatable bonds is 1. The normalized spacial score (nSPS) is 21.4. The number of nitrogens with one attached hydrogen (secondary N) is 1. The second kappa shape index (κ2) is 3.75. The van der Waals surface area contributed by atoms with Gasteiger partial charge in [-0.2, -0.15) is 9.61 Å². The van der Waals surface area contributed by atoms with Crippen molar-refractivity contribution in [3.8, 4) is 0 Å². The summed E-state index contributed by atoms with van der Waals surface area (Å²) in [5, 5.41) is 7.78. The van der Waals surface area contributed by atoms with E-state index in [1.54, 1.807) is 16.8 Å². The Balaban J connectivity index is 2.06. The molecule has 0 saturated carbocycles. The summed E-state index contributed by atoms with van der Waals surface area (Å²) in [6, 6.07) is 2.14. The van der Waals surface area contributed by atoms with Gasteiger partial charge >= 0.3 is 0 Å². The molecular weight excluding hydrogens is 202 g/mol. The molecule has 1 aliphatic heterocycles. The van der Waals surface area contributed by atoms with Crippen LogP contribution in [0.1, 0.15) is 30.9 Å². The average molecular weight is 217 g/mol. The number of piperidine rings is 1. The van der Waals surface area contributed by atoms with Crippen LogP contribution in [0.3, 0.4) is 0 Å². The quantitative estimate of drug-likeness (QED) is 0.751. The minimum Gasteiger partial charge on any atom is -0.384 e. The Labute approximate surface area is 93.7 Å². The summed E-state index contributed by atoms with van der Waals surface area (Å²) < 4.78 is 1.70. The molecule has 16 heavy (non-hydrogen) atoms. The molecule has 3 N–H and O–H groups in total. The lowest BCUT2D eigenvalue weighted by atomic mass is 10.00. The summed E-state index contributed by atoms with van der Waals surface area (Å²) >= 11 is 0. The van der Waals surface area contributed by atoms with Gasteiger partial charge in [0.15, 0.2) is 5.65 Å². The fourth-order valence-corrected chi connectivity index (χ4v) is 2.29. The first-order valence-electron chi connectivity index (χ1n) is 5.68. The molecule has 3 heterocycles. The first-order chi connectivity index (χ1) is 7.86. The number of hydrogen-bond donors (Lipinski definition) is 2. The Morgan fingerprint density at radius 1 is 1.44 bits per heavy atom. The monoisotopic (exact) mass is 217 g/mol. The summed E-state index contributed by atoms with van der Waals surface area (Å²) in [6.07, 6.45) is 7.28. The minimum atomic E-state index is 0.376. The van der Waals surface area contributed by atoms with E-state index in [1.165, 1.54) is 12.8 Å². The Hall–Kier alpha value is -1.62. The lowest BCUT2D eigenvalue weighted by Gasteiger charge is -2.22. The van der Waals surface area contributed by atoms with Crippen LogP contribution in [-0.4, -0.2) is 21.1 Å². The second-order valence-corrected chi connectivity index (χ2v) is 4.21. The third kappa shape index (κ3) is 1.44. The minimum absolute atomic E-state index is 0.376. The number of nitrogens with zero attached hydrogens (tertiary/aromatic N) is 3. The van der Waals surface area contributed by atoms with Gasteiger partial charge in [-0.1, -0.05) is 6.42 Å². The largest absolute Gasteiger partial charge is 0.384 e. The van der Waals surface area contributed by atoms with E-state index in [2.05, 4.69) is 15.4 Å². The highest BCUT2D eigenvalue weighted by atomic mass is 15.3. The molecule has 1 unspecified atom stereocenters. The lowest BCUT2D eigenvalue weighted by Crippen LogP contribution is -2.26. The number of fused-ring (bicyclic) bond motifs is 1. The van der Waals surface area contributed by atoms with E-state index in [4.69, 9.17) is 5.73 Å². The van der Waals surface area contributed by atoms with Crippen LogP contribution in [0.4, 0.5) is 5.82 Å². The van der Waals surface area contributed by atoms with Crippen molar-refractivity contribution in [1.29, 1.82) is 0 Å². The van der Waals surface area contributed by atoms with Gasteiger partial charge in [0.1, 0.15) is 5.82 Å². The van der Waals surface area contributed by atoms with Gasteiger partial charge in [0.05, 0.1) is 6.20 Å². The molecule has 0 amide bonds. The van der Waals surface area contributed by atoms with Gasteiger partial charge in [-0.05, 0) is 25.5 Å². The highest BCUT2D eigenvalue weighted by Gasteiger charge is 2.19. The Kier molecular flexibility index (Phi) is 2.25. The third-order valence-corrected chi connectivity index (χ3v) is 3.14. The van der Waals surface area contributed by atoms with Crippen molar-refractivity contribution in [2.45, 2.75) is 25.3 Å². The first kappa shape index (κ1) is 9.59. The van der Waals surface area contributed by atoms with Crippen LogP contribution >= 0.6 is 0 Å². The maximum absolute atomic E-state index is 5.84. The predicted molar refractivity (Wildman–Crippen MR) is 62.0 cm³/mol. The average Bonchev–Trinajstić information content (AvgIpc) is 2.75. The molecule has 2 aromatic heterocycles. The molecule has 0 aromatic carbocycles. The zero-order valence-corrected chi connectivity index (χ0v) is 9.06. The van der Waals surface area contributed by atoms with Crippen LogP contribution < -0.4 is 11.1 Å². The van der Waals surface area contributed by atoms with E-state index in [0.29, 0.717) is 11.9 Å². The van der Waals surface area contributed by atoms with E-state index in [9.17, 15) is 0 Å². The molecule has 2 aromatic rings. The molecule has 5 heteroatoms. The number of nitrogen functional groups attached to an aromatic ring is 1. The van der Waals surface area contributed by atoms with E-state index in [1.807, 2.05) is 6.20 Å². The SMILES string of the molecule is Nc1ccnc2c(C3CCCCN3)cnn12. The van der Waals surface area contributed by atoms with E-state index in [-0.39, 0.29) is 0 Å². The molecule has 1 saturated heterocycles. The summed E-state index contributed by atoms with van der Waals surface area (Å²) in [5.74, 6) is 0.632. The second-order valence-electron chi connectivity index (χ2n) is 4.21. The molecule has 0 spiro atoms. The maximum Gasteiger partial charge on any atom is 0.162 e. The van der Waals surface area contributed by atoms with Crippen LogP contribution in [0, 0.1) is 0 Å². The van der Waals surface area contributed by atoms with Gasteiger partial charge in [-0.3, -0.25) is 0 Å². The van der Waals surface area contributed by atoms with Gasteiger partial charge in [0.25, 0.3) is 0 Å². The van der Waals surface area contributed by atoms with Crippen molar-refractivity contribution in [3.05, 3.63) is 24.0 Å². The van der Waals surface area contributed by atoms with Crippen LogP contribution in [0.2, 0.25) is 0 Å². The van der Waals surface area contributed by atoms with Gasteiger partial charge in [-0.15, -0.1) is 0 Å². The molecule has 0 radical (unpaired) electrons. The molecule has 1 aliphatic rings. The number of aromatic nitrogens is 3. The van der Waals surface area contributed by atoms with Crippen molar-refractivity contribution in [3.63, 3.8) is 0 Å². The van der Waals surface area contributed by atoms with Crippen LogP contribution in [0.15, 0.2) is 18.5 Å². The molecule has 5 nitrogen and oxygen atoms in total. The molecule has 84 valence electrons. The Bertz CT molecular complexity index is 498. The van der Waals surface area contributed by atoms with Gasteiger partial charge in [0, 0.05) is 17.8 Å². The van der Waals surface area contributed by atoms with E-state index >= 15 is 0 Å². The summed E-state index contributed by atoms with van der Waals surface area (Å²) in [7, 11) is 0. The van der Waals surface area contributed by atoms with Crippen molar-refractivity contribution >= 4 is 11.5 Å². The molecular formula is C11H15N5. The standard InChI is InChI=1S/C11H15N5/c12-10-4-6-14-11-8(7-15-16(10)11)9-3-1-2-5-13-9/h4,6-7,9,13H,1-3,5,12H2. The highest BCUT2D eigenvalue weighted by molar-refractivity contribution is 5.52. The zero-order valence-electron chi connectivity index (χ0n) is 9.06. The van der Waals surface area contributed by atoms with E-state index < -0.39 is 0 Å². The molecule has 1 atom stereocenters. The Morgan fingerprint density at radius 2 is 2.38 bits per heavy atom. The maximum atomic E-state index is 5.84. The molecule has 0 bridgehead atoms. The van der Waals surface area contributed by atoms with Crippen molar-refractivity contribution in [2.75, 3.05) is 12.3 Å². The fraction of sp³-hybridized carbons (Fsp3) is 0.455. The van der Waals surface area contributed by atoms with E-state index in [0.717, 1.165) is 24.2 Å². The topological polar surface area (TPSA) is 68.2 Å².